The summed E-state index contributed by atoms with van der Waals surface area (Å²) in [6.45, 7) is 5.70. The Morgan fingerprint density at radius 1 is 1.57 bits per heavy atom. The maximum atomic E-state index is 11.0. The van der Waals surface area contributed by atoms with Crippen LogP contribution in [0.3, 0.4) is 0 Å². The smallest absolute Gasteiger partial charge is 0.306 e. The quantitative estimate of drug-likeness (QED) is 0.739. The molecule has 14 heavy (non-hydrogen) atoms. The lowest BCUT2D eigenvalue weighted by atomic mass is 9.88. The summed E-state index contributed by atoms with van der Waals surface area (Å²) in [5, 5.41) is 9.04. The van der Waals surface area contributed by atoms with Crippen LogP contribution in [0.25, 0.3) is 0 Å². The van der Waals surface area contributed by atoms with E-state index in [0.717, 1.165) is 32.5 Å². The Morgan fingerprint density at radius 3 is 2.71 bits per heavy atom. The lowest BCUT2D eigenvalue weighted by Crippen LogP contribution is -2.20. The van der Waals surface area contributed by atoms with Gasteiger partial charge in [0.2, 0.25) is 0 Å². The highest BCUT2D eigenvalue weighted by Gasteiger charge is 2.25. The van der Waals surface area contributed by atoms with Gasteiger partial charge < -0.3 is 9.84 Å². The zero-order valence-electron chi connectivity index (χ0n) is 9.03. The zero-order chi connectivity index (χ0) is 10.6. The molecule has 0 amide bonds. The highest BCUT2D eigenvalue weighted by atomic mass is 16.5. The standard InChI is InChI=1S/C11H20O3/c1-8(2)5-10(11(12)13)6-9-3-4-14-7-9/h8-10H,3-7H2,1-2H3,(H,12,13). The second-order valence-corrected chi connectivity index (χ2v) is 4.63. The number of hydrogen-bond donors (Lipinski definition) is 1. The molecule has 1 aliphatic rings. The maximum absolute atomic E-state index is 11.0. The molecule has 1 aliphatic heterocycles. The molecule has 1 heterocycles. The first kappa shape index (κ1) is 11.5. The number of carbonyl (C=O) groups is 1. The molecule has 82 valence electrons. The van der Waals surface area contributed by atoms with E-state index < -0.39 is 5.97 Å². The van der Waals surface area contributed by atoms with E-state index in [9.17, 15) is 4.79 Å². The third-order valence-corrected chi connectivity index (χ3v) is 2.75. The summed E-state index contributed by atoms with van der Waals surface area (Å²) in [5.74, 6) is 0.0978. The highest BCUT2D eigenvalue weighted by Crippen LogP contribution is 2.25. The Morgan fingerprint density at radius 2 is 2.29 bits per heavy atom. The van der Waals surface area contributed by atoms with Gasteiger partial charge in [0.25, 0.3) is 0 Å². The number of ether oxygens (including phenoxy) is 1. The van der Waals surface area contributed by atoms with Crippen LogP contribution in [0, 0.1) is 17.8 Å². The minimum absolute atomic E-state index is 0.179. The Bertz CT molecular complexity index is 183. The fourth-order valence-corrected chi connectivity index (χ4v) is 2.04. The van der Waals surface area contributed by atoms with E-state index >= 15 is 0 Å². The van der Waals surface area contributed by atoms with Crippen LogP contribution in [0.5, 0.6) is 0 Å². The minimum atomic E-state index is -0.648. The van der Waals surface area contributed by atoms with Gasteiger partial charge in [0.15, 0.2) is 0 Å². The van der Waals surface area contributed by atoms with Crippen molar-refractivity contribution >= 4 is 5.97 Å². The van der Waals surface area contributed by atoms with Gasteiger partial charge in [-0.3, -0.25) is 4.79 Å². The van der Waals surface area contributed by atoms with Crippen LogP contribution in [0.4, 0.5) is 0 Å². The van der Waals surface area contributed by atoms with E-state index in [0.29, 0.717) is 11.8 Å². The zero-order valence-corrected chi connectivity index (χ0v) is 9.03. The molecule has 3 nitrogen and oxygen atoms in total. The lowest BCUT2D eigenvalue weighted by Gasteiger charge is -2.17. The van der Waals surface area contributed by atoms with Crippen LogP contribution >= 0.6 is 0 Å². The Labute approximate surface area is 85.5 Å². The van der Waals surface area contributed by atoms with Gasteiger partial charge in [-0.2, -0.15) is 0 Å². The maximum Gasteiger partial charge on any atom is 0.306 e. The molecule has 0 aromatic heterocycles. The molecule has 1 N–H and O–H groups in total. The molecular weight excluding hydrogens is 180 g/mol. The molecule has 1 saturated heterocycles. The predicted molar refractivity (Wildman–Crippen MR) is 54.1 cm³/mol. The van der Waals surface area contributed by atoms with Gasteiger partial charge in [0, 0.05) is 13.2 Å². The Hall–Kier alpha value is -0.570. The van der Waals surface area contributed by atoms with Crippen LogP contribution in [0.15, 0.2) is 0 Å². The van der Waals surface area contributed by atoms with Crippen LogP contribution in [-0.2, 0) is 9.53 Å². The number of rotatable bonds is 5. The van der Waals surface area contributed by atoms with Crippen molar-refractivity contribution in [2.45, 2.75) is 33.1 Å². The first-order chi connectivity index (χ1) is 6.59. The summed E-state index contributed by atoms with van der Waals surface area (Å²) in [4.78, 5) is 11.0. The molecule has 0 bridgehead atoms. The highest BCUT2D eigenvalue weighted by molar-refractivity contribution is 5.69. The largest absolute Gasteiger partial charge is 0.481 e. The van der Waals surface area contributed by atoms with Crippen molar-refractivity contribution in [1.29, 1.82) is 0 Å². The Kier molecular flexibility index (Phi) is 4.39. The van der Waals surface area contributed by atoms with Crippen LogP contribution in [0.2, 0.25) is 0 Å². The third kappa shape index (κ3) is 3.66. The average Bonchev–Trinajstić information content (AvgIpc) is 2.54. The summed E-state index contributed by atoms with van der Waals surface area (Å²) in [5.41, 5.74) is 0. The molecule has 2 unspecified atom stereocenters. The van der Waals surface area contributed by atoms with Crippen molar-refractivity contribution in [1.82, 2.24) is 0 Å². The normalized spacial score (nSPS) is 24.1. The monoisotopic (exact) mass is 200 g/mol. The fourth-order valence-electron chi connectivity index (χ4n) is 2.04. The summed E-state index contributed by atoms with van der Waals surface area (Å²) in [7, 11) is 0. The van der Waals surface area contributed by atoms with E-state index in [2.05, 4.69) is 13.8 Å². The SMILES string of the molecule is CC(C)CC(CC1CCOC1)C(=O)O. The van der Waals surface area contributed by atoms with Crippen LogP contribution in [0.1, 0.15) is 33.1 Å². The van der Waals surface area contributed by atoms with E-state index in [-0.39, 0.29) is 5.92 Å². The van der Waals surface area contributed by atoms with E-state index in [4.69, 9.17) is 9.84 Å². The van der Waals surface area contributed by atoms with Crippen molar-refractivity contribution < 1.29 is 14.6 Å². The molecule has 0 aromatic rings. The van der Waals surface area contributed by atoms with Gasteiger partial charge in [-0.1, -0.05) is 13.8 Å². The van der Waals surface area contributed by atoms with Crippen molar-refractivity contribution in [2.75, 3.05) is 13.2 Å². The summed E-state index contributed by atoms with van der Waals surface area (Å²) >= 11 is 0. The second-order valence-electron chi connectivity index (χ2n) is 4.63. The van der Waals surface area contributed by atoms with Crippen molar-refractivity contribution in [3.8, 4) is 0 Å². The number of hydrogen-bond acceptors (Lipinski definition) is 2. The van der Waals surface area contributed by atoms with E-state index in [1.54, 1.807) is 0 Å². The molecule has 3 heteroatoms. The summed E-state index contributed by atoms with van der Waals surface area (Å²) in [6, 6.07) is 0. The third-order valence-electron chi connectivity index (χ3n) is 2.75. The number of aliphatic carboxylic acids is 1. The van der Waals surface area contributed by atoms with Crippen molar-refractivity contribution in [2.24, 2.45) is 17.8 Å². The number of carboxylic acid groups (broad SMARTS) is 1. The van der Waals surface area contributed by atoms with E-state index in [1.165, 1.54) is 0 Å². The minimum Gasteiger partial charge on any atom is -0.481 e. The number of carboxylic acids is 1. The van der Waals surface area contributed by atoms with Gasteiger partial charge in [-0.05, 0) is 31.1 Å². The molecule has 2 atom stereocenters. The molecule has 0 aromatic carbocycles. The van der Waals surface area contributed by atoms with Crippen molar-refractivity contribution in [3.05, 3.63) is 0 Å². The van der Waals surface area contributed by atoms with Gasteiger partial charge >= 0.3 is 5.97 Å². The lowest BCUT2D eigenvalue weighted by molar-refractivity contribution is -0.143. The molecule has 0 radical (unpaired) electrons. The molecule has 1 rings (SSSR count). The van der Waals surface area contributed by atoms with E-state index in [1.807, 2.05) is 0 Å². The summed E-state index contributed by atoms with van der Waals surface area (Å²) in [6.07, 6.45) is 2.60. The van der Waals surface area contributed by atoms with Crippen LogP contribution < -0.4 is 0 Å². The predicted octanol–water partition coefficient (Wildman–Crippen LogP) is 2.16. The molecule has 0 spiro atoms. The van der Waals surface area contributed by atoms with Gasteiger partial charge in [0.1, 0.15) is 0 Å². The molecule has 0 saturated carbocycles. The first-order valence-electron chi connectivity index (χ1n) is 5.40. The van der Waals surface area contributed by atoms with Gasteiger partial charge in [-0.25, -0.2) is 0 Å². The van der Waals surface area contributed by atoms with Gasteiger partial charge in [0.05, 0.1) is 5.92 Å². The fraction of sp³-hybridized carbons (Fsp3) is 0.909. The topological polar surface area (TPSA) is 46.5 Å². The first-order valence-corrected chi connectivity index (χ1v) is 5.40. The average molecular weight is 200 g/mol. The van der Waals surface area contributed by atoms with Gasteiger partial charge in [-0.15, -0.1) is 0 Å². The Balaban J connectivity index is 2.37. The molecular formula is C11H20O3. The summed E-state index contributed by atoms with van der Waals surface area (Å²) < 4.78 is 5.25. The molecule has 1 fully saturated rings. The van der Waals surface area contributed by atoms with Crippen molar-refractivity contribution in [3.63, 3.8) is 0 Å². The second kappa shape index (κ2) is 5.35. The van der Waals surface area contributed by atoms with Crippen LogP contribution in [-0.4, -0.2) is 24.3 Å². The molecule has 0 aliphatic carbocycles.